The van der Waals surface area contributed by atoms with Crippen molar-refractivity contribution in [1.82, 2.24) is 20.2 Å². The molecule has 102 valence electrons. The van der Waals surface area contributed by atoms with E-state index in [0.717, 1.165) is 0 Å². The first-order chi connectivity index (χ1) is 9.16. The van der Waals surface area contributed by atoms with Crippen molar-refractivity contribution in [2.45, 2.75) is 6.92 Å². The van der Waals surface area contributed by atoms with E-state index in [1.807, 2.05) is 4.90 Å². The van der Waals surface area contributed by atoms with E-state index < -0.39 is 0 Å². The number of nitrogens with zero attached hydrogens (tertiary/aromatic N) is 4. The molecule has 2 heterocycles. The summed E-state index contributed by atoms with van der Waals surface area (Å²) in [5.74, 6) is 0.449. The molecule has 0 spiro atoms. The van der Waals surface area contributed by atoms with Crippen LogP contribution in [0.25, 0.3) is 0 Å². The quantitative estimate of drug-likeness (QED) is 0.777. The van der Waals surface area contributed by atoms with Crippen molar-refractivity contribution in [2.24, 2.45) is 0 Å². The fourth-order valence-electron chi connectivity index (χ4n) is 1.92. The van der Waals surface area contributed by atoms with Crippen LogP contribution in [0.1, 0.15) is 6.92 Å². The lowest BCUT2D eigenvalue weighted by atomic mass is 10.3. The largest absolute Gasteiger partial charge is 0.347 e. The topological polar surface area (TPSA) is 78.4 Å². The van der Waals surface area contributed by atoms with Crippen molar-refractivity contribution in [2.75, 3.05) is 37.6 Å². The molecule has 1 N–H and O–H groups in total. The third kappa shape index (κ3) is 3.64. The molecule has 1 fully saturated rings. The highest BCUT2D eigenvalue weighted by molar-refractivity contribution is 5.83. The average Bonchev–Trinajstić information content (AvgIpc) is 2.46. The van der Waals surface area contributed by atoms with E-state index in [1.165, 1.54) is 6.92 Å². The van der Waals surface area contributed by atoms with Gasteiger partial charge < -0.3 is 15.1 Å². The van der Waals surface area contributed by atoms with Gasteiger partial charge in [-0.05, 0) is 6.07 Å². The number of carbonyl (C=O) groups is 2. The Kier molecular flexibility index (Phi) is 4.27. The minimum Gasteiger partial charge on any atom is -0.347 e. The number of aromatic nitrogens is 2. The van der Waals surface area contributed by atoms with E-state index in [9.17, 15) is 9.59 Å². The van der Waals surface area contributed by atoms with E-state index in [1.54, 1.807) is 23.4 Å². The van der Waals surface area contributed by atoms with Crippen LogP contribution in [0.5, 0.6) is 0 Å². The smallest absolute Gasteiger partial charge is 0.242 e. The third-order valence-corrected chi connectivity index (χ3v) is 2.96. The van der Waals surface area contributed by atoms with Crippen LogP contribution in [0, 0.1) is 0 Å². The lowest BCUT2D eigenvalue weighted by Crippen LogP contribution is -2.51. The zero-order valence-electron chi connectivity index (χ0n) is 10.9. The Morgan fingerprint density at radius 1 is 1.21 bits per heavy atom. The van der Waals surface area contributed by atoms with Crippen molar-refractivity contribution < 1.29 is 9.59 Å². The molecule has 0 saturated carbocycles. The van der Waals surface area contributed by atoms with Gasteiger partial charge in [-0.1, -0.05) is 0 Å². The molecule has 0 unspecified atom stereocenters. The average molecular weight is 263 g/mol. The number of hydrogen-bond acceptors (Lipinski definition) is 5. The standard InChI is InChI=1S/C12H17N5O2/c1-10(18)15-9-11(19)16-5-7-17(8-6-16)12-13-3-2-4-14-12/h2-4H,5-9H2,1H3,(H,15,18). The number of rotatable bonds is 3. The van der Waals surface area contributed by atoms with Gasteiger partial charge in [-0.25, -0.2) is 9.97 Å². The van der Waals surface area contributed by atoms with Gasteiger partial charge in [-0.15, -0.1) is 0 Å². The maximum absolute atomic E-state index is 11.8. The van der Waals surface area contributed by atoms with Gasteiger partial charge in [0, 0.05) is 45.5 Å². The summed E-state index contributed by atoms with van der Waals surface area (Å²) < 4.78 is 0. The number of hydrogen-bond donors (Lipinski definition) is 1. The predicted octanol–water partition coefficient (Wildman–Crippen LogP) is -0.739. The zero-order valence-corrected chi connectivity index (χ0v) is 10.9. The number of piperazine rings is 1. The highest BCUT2D eigenvalue weighted by Gasteiger charge is 2.22. The van der Waals surface area contributed by atoms with Crippen molar-refractivity contribution >= 4 is 17.8 Å². The first-order valence-corrected chi connectivity index (χ1v) is 6.21. The van der Waals surface area contributed by atoms with Crippen molar-refractivity contribution in [3.8, 4) is 0 Å². The summed E-state index contributed by atoms with van der Waals surface area (Å²) in [5.41, 5.74) is 0. The van der Waals surface area contributed by atoms with Gasteiger partial charge in [0.1, 0.15) is 0 Å². The molecule has 1 aromatic heterocycles. The monoisotopic (exact) mass is 263 g/mol. The van der Waals surface area contributed by atoms with Gasteiger partial charge in [0.05, 0.1) is 6.54 Å². The molecule has 2 amide bonds. The van der Waals surface area contributed by atoms with Crippen LogP contribution >= 0.6 is 0 Å². The highest BCUT2D eigenvalue weighted by atomic mass is 16.2. The summed E-state index contributed by atoms with van der Waals surface area (Å²) in [5, 5.41) is 2.52. The van der Waals surface area contributed by atoms with Gasteiger partial charge in [-0.2, -0.15) is 0 Å². The molecule has 1 aromatic rings. The Hall–Kier alpha value is -2.18. The molecule has 1 aliphatic rings. The molecule has 1 saturated heterocycles. The fraction of sp³-hybridized carbons (Fsp3) is 0.500. The Labute approximate surface area is 111 Å². The van der Waals surface area contributed by atoms with Gasteiger partial charge in [0.25, 0.3) is 0 Å². The Morgan fingerprint density at radius 3 is 2.42 bits per heavy atom. The van der Waals surface area contributed by atoms with E-state index in [0.29, 0.717) is 32.1 Å². The van der Waals surface area contributed by atoms with Crippen LogP contribution in [0.2, 0.25) is 0 Å². The Morgan fingerprint density at radius 2 is 1.84 bits per heavy atom. The molecular formula is C12H17N5O2. The van der Waals surface area contributed by atoms with Gasteiger partial charge in [0.2, 0.25) is 17.8 Å². The SMILES string of the molecule is CC(=O)NCC(=O)N1CCN(c2ncccn2)CC1. The maximum Gasteiger partial charge on any atom is 0.242 e. The van der Waals surface area contributed by atoms with E-state index >= 15 is 0 Å². The lowest BCUT2D eigenvalue weighted by Gasteiger charge is -2.34. The molecule has 2 rings (SSSR count). The summed E-state index contributed by atoms with van der Waals surface area (Å²) in [7, 11) is 0. The van der Waals surface area contributed by atoms with Crippen LogP contribution in [0.3, 0.4) is 0 Å². The number of carbonyl (C=O) groups excluding carboxylic acids is 2. The Bertz CT molecular complexity index is 443. The van der Waals surface area contributed by atoms with Crippen LogP contribution in [-0.4, -0.2) is 59.4 Å². The second kappa shape index (κ2) is 6.12. The number of amides is 2. The maximum atomic E-state index is 11.8. The molecule has 7 nitrogen and oxygen atoms in total. The first kappa shape index (κ1) is 13.3. The van der Waals surface area contributed by atoms with E-state index in [-0.39, 0.29) is 18.4 Å². The molecule has 0 aliphatic carbocycles. The molecule has 1 aliphatic heterocycles. The summed E-state index contributed by atoms with van der Waals surface area (Å²) >= 11 is 0. The minimum atomic E-state index is -0.190. The first-order valence-electron chi connectivity index (χ1n) is 6.21. The molecule has 0 aromatic carbocycles. The number of anilines is 1. The summed E-state index contributed by atoms with van der Waals surface area (Å²) in [4.78, 5) is 34.7. The third-order valence-electron chi connectivity index (χ3n) is 2.96. The van der Waals surface area contributed by atoms with Crippen molar-refractivity contribution in [3.05, 3.63) is 18.5 Å². The van der Waals surface area contributed by atoms with Crippen molar-refractivity contribution in [1.29, 1.82) is 0 Å². The van der Waals surface area contributed by atoms with Crippen LogP contribution in [-0.2, 0) is 9.59 Å². The van der Waals surface area contributed by atoms with Gasteiger partial charge >= 0.3 is 0 Å². The molecular weight excluding hydrogens is 246 g/mol. The van der Waals surface area contributed by atoms with Crippen LogP contribution < -0.4 is 10.2 Å². The summed E-state index contributed by atoms with van der Waals surface area (Å²) in [6, 6.07) is 1.77. The van der Waals surface area contributed by atoms with Crippen LogP contribution in [0.15, 0.2) is 18.5 Å². The fourth-order valence-corrected chi connectivity index (χ4v) is 1.92. The lowest BCUT2D eigenvalue weighted by molar-refractivity contribution is -0.132. The molecule has 19 heavy (non-hydrogen) atoms. The number of nitrogens with one attached hydrogen (secondary N) is 1. The van der Waals surface area contributed by atoms with Gasteiger partial charge in [-0.3, -0.25) is 9.59 Å². The predicted molar refractivity (Wildman–Crippen MR) is 69.5 cm³/mol. The highest BCUT2D eigenvalue weighted by Crippen LogP contribution is 2.09. The second-order valence-electron chi connectivity index (χ2n) is 4.33. The normalized spacial score (nSPS) is 15.2. The minimum absolute atomic E-state index is 0.0520. The molecule has 7 heteroatoms. The molecule has 0 radical (unpaired) electrons. The second-order valence-corrected chi connectivity index (χ2v) is 4.33. The van der Waals surface area contributed by atoms with E-state index in [4.69, 9.17) is 0 Å². The summed E-state index contributed by atoms with van der Waals surface area (Å²) in [6.07, 6.45) is 3.41. The van der Waals surface area contributed by atoms with Gasteiger partial charge in [0.15, 0.2) is 0 Å². The van der Waals surface area contributed by atoms with Crippen LogP contribution in [0.4, 0.5) is 5.95 Å². The van der Waals surface area contributed by atoms with E-state index in [2.05, 4.69) is 15.3 Å². The molecule has 0 bridgehead atoms. The molecule has 0 atom stereocenters. The zero-order chi connectivity index (χ0) is 13.7. The summed E-state index contributed by atoms with van der Waals surface area (Å²) in [6.45, 7) is 4.12. The Balaban J connectivity index is 1.82. The van der Waals surface area contributed by atoms with Crippen molar-refractivity contribution in [3.63, 3.8) is 0 Å².